The average molecular weight is 459 g/mol. The fourth-order valence-corrected chi connectivity index (χ4v) is 3.49. The van der Waals surface area contributed by atoms with Crippen LogP contribution in [0.4, 0.5) is 18.0 Å². The van der Waals surface area contributed by atoms with E-state index in [1.807, 2.05) is 20.8 Å². The molecule has 170 valence electrons. The highest BCUT2D eigenvalue weighted by Gasteiger charge is 2.29. The molecule has 1 aliphatic rings. The van der Waals surface area contributed by atoms with Gasteiger partial charge in [0.1, 0.15) is 12.2 Å². The van der Waals surface area contributed by atoms with Crippen LogP contribution in [0.25, 0.3) is 11.5 Å². The van der Waals surface area contributed by atoms with Gasteiger partial charge in [-0.3, -0.25) is 0 Å². The molecule has 1 amide bonds. The highest BCUT2D eigenvalue weighted by molar-refractivity contribution is 8.00. The van der Waals surface area contributed by atoms with Crippen LogP contribution in [0, 0.1) is 0 Å². The monoisotopic (exact) mass is 459 g/mol. The molecule has 0 saturated carbocycles. The SMILES string of the molecule is CC(C)(C)OC(=O)N1CCC(OCc2noc(-c3ccc(SC(F)(F)F)cc3)n2)CC1. The number of carbonyl (C=O) groups excluding carboxylic acids is 1. The van der Waals surface area contributed by atoms with Gasteiger partial charge in [-0.05, 0) is 69.6 Å². The molecule has 0 radical (unpaired) electrons. The molecule has 0 spiro atoms. The van der Waals surface area contributed by atoms with Crippen LogP contribution in [0.2, 0.25) is 0 Å². The molecule has 3 rings (SSSR count). The molecule has 1 saturated heterocycles. The first-order valence-electron chi connectivity index (χ1n) is 9.77. The maximum absolute atomic E-state index is 12.4. The molecule has 7 nitrogen and oxygen atoms in total. The summed E-state index contributed by atoms with van der Waals surface area (Å²) < 4.78 is 53.6. The predicted octanol–water partition coefficient (Wildman–Crippen LogP) is 5.26. The Labute approximate surface area is 182 Å². The van der Waals surface area contributed by atoms with Crippen molar-refractivity contribution in [2.45, 2.75) is 62.3 Å². The van der Waals surface area contributed by atoms with Crippen LogP contribution < -0.4 is 0 Å². The molecule has 0 atom stereocenters. The smallest absolute Gasteiger partial charge is 0.444 e. The minimum Gasteiger partial charge on any atom is -0.444 e. The second-order valence-electron chi connectivity index (χ2n) is 8.07. The molecule has 0 N–H and O–H groups in total. The first-order chi connectivity index (χ1) is 14.5. The van der Waals surface area contributed by atoms with Gasteiger partial charge in [0.25, 0.3) is 5.89 Å². The number of halogens is 3. The third-order valence-electron chi connectivity index (χ3n) is 4.34. The molecule has 2 heterocycles. The number of rotatable bonds is 5. The summed E-state index contributed by atoms with van der Waals surface area (Å²) >= 11 is -0.181. The van der Waals surface area contributed by atoms with E-state index in [1.165, 1.54) is 24.3 Å². The normalized spacial score (nSPS) is 15.9. The first-order valence-corrected chi connectivity index (χ1v) is 10.6. The Kier molecular flexibility index (Phi) is 7.15. The number of likely N-dealkylation sites (tertiary alicyclic amines) is 1. The summed E-state index contributed by atoms with van der Waals surface area (Å²) in [5.74, 6) is 0.556. The minimum atomic E-state index is -4.33. The first kappa shape index (κ1) is 23.4. The van der Waals surface area contributed by atoms with E-state index in [0.717, 1.165) is 0 Å². The van der Waals surface area contributed by atoms with Crippen molar-refractivity contribution in [3.05, 3.63) is 30.1 Å². The maximum Gasteiger partial charge on any atom is 0.446 e. The largest absolute Gasteiger partial charge is 0.446 e. The summed E-state index contributed by atoms with van der Waals surface area (Å²) in [5, 5.41) is 3.86. The molecule has 1 aromatic heterocycles. The quantitative estimate of drug-likeness (QED) is 0.564. The second kappa shape index (κ2) is 9.47. The number of ether oxygens (including phenoxy) is 2. The Morgan fingerprint density at radius 3 is 2.42 bits per heavy atom. The Balaban J connectivity index is 1.46. The standard InChI is InChI=1S/C20H24F3N3O4S/c1-19(2,3)29-18(27)26-10-8-14(9-11-26)28-12-16-24-17(30-25-16)13-4-6-15(7-5-13)31-20(21,22)23/h4-7,14H,8-12H2,1-3H3. The van der Waals surface area contributed by atoms with Crippen LogP contribution in [0.1, 0.15) is 39.4 Å². The Morgan fingerprint density at radius 2 is 1.84 bits per heavy atom. The predicted molar refractivity (Wildman–Crippen MR) is 107 cm³/mol. The highest BCUT2D eigenvalue weighted by atomic mass is 32.2. The zero-order chi connectivity index (χ0) is 22.6. The van der Waals surface area contributed by atoms with Crippen molar-refractivity contribution in [3.8, 4) is 11.5 Å². The number of hydrogen-bond acceptors (Lipinski definition) is 7. The van der Waals surface area contributed by atoms with E-state index in [4.69, 9.17) is 14.0 Å². The Hall–Kier alpha value is -2.27. The molecule has 11 heteroatoms. The lowest BCUT2D eigenvalue weighted by Gasteiger charge is -2.33. The van der Waals surface area contributed by atoms with E-state index in [0.29, 0.717) is 37.3 Å². The van der Waals surface area contributed by atoms with Gasteiger partial charge in [-0.2, -0.15) is 18.2 Å². The van der Waals surface area contributed by atoms with Gasteiger partial charge < -0.3 is 18.9 Å². The summed E-state index contributed by atoms with van der Waals surface area (Å²) in [6.07, 6.45) is 0.970. The summed E-state index contributed by atoms with van der Waals surface area (Å²) in [7, 11) is 0. The van der Waals surface area contributed by atoms with Crippen LogP contribution in [-0.4, -0.2) is 51.4 Å². The van der Waals surface area contributed by atoms with Crippen molar-refractivity contribution in [3.63, 3.8) is 0 Å². The fourth-order valence-electron chi connectivity index (χ4n) is 2.95. The van der Waals surface area contributed by atoms with Gasteiger partial charge in [0.2, 0.25) is 0 Å². The minimum absolute atomic E-state index is 0.0423. The van der Waals surface area contributed by atoms with Crippen molar-refractivity contribution in [1.82, 2.24) is 15.0 Å². The molecule has 1 aliphatic heterocycles. The van der Waals surface area contributed by atoms with E-state index in [-0.39, 0.29) is 41.4 Å². The lowest BCUT2D eigenvalue weighted by molar-refractivity contribution is -0.0328. The summed E-state index contributed by atoms with van der Waals surface area (Å²) in [6.45, 7) is 6.71. The number of amides is 1. The molecule has 0 unspecified atom stereocenters. The number of aromatic nitrogens is 2. The van der Waals surface area contributed by atoms with Crippen LogP contribution in [0.15, 0.2) is 33.7 Å². The molecular formula is C20H24F3N3O4S. The molecule has 0 bridgehead atoms. The van der Waals surface area contributed by atoms with Crippen LogP contribution in [0.5, 0.6) is 0 Å². The van der Waals surface area contributed by atoms with Crippen molar-refractivity contribution in [1.29, 1.82) is 0 Å². The van der Waals surface area contributed by atoms with E-state index in [1.54, 1.807) is 4.90 Å². The Morgan fingerprint density at radius 1 is 1.19 bits per heavy atom. The van der Waals surface area contributed by atoms with Gasteiger partial charge in [0, 0.05) is 23.5 Å². The van der Waals surface area contributed by atoms with E-state index in [9.17, 15) is 18.0 Å². The number of alkyl halides is 3. The van der Waals surface area contributed by atoms with E-state index in [2.05, 4.69) is 10.1 Å². The van der Waals surface area contributed by atoms with Crippen molar-refractivity contribution in [2.75, 3.05) is 13.1 Å². The van der Waals surface area contributed by atoms with Gasteiger partial charge in [-0.15, -0.1) is 0 Å². The molecular weight excluding hydrogens is 435 g/mol. The number of carbonyl (C=O) groups is 1. The highest BCUT2D eigenvalue weighted by Crippen LogP contribution is 2.37. The van der Waals surface area contributed by atoms with Crippen molar-refractivity contribution >= 4 is 17.9 Å². The van der Waals surface area contributed by atoms with Crippen molar-refractivity contribution in [2.24, 2.45) is 0 Å². The maximum atomic E-state index is 12.4. The topological polar surface area (TPSA) is 77.7 Å². The van der Waals surface area contributed by atoms with E-state index >= 15 is 0 Å². The van der Waals surface area contributed by atoms with Gasteiger partial charge >= 0.3 is 11.6 Å². The summed E-state index contributed by atoms with van der Waals surface area (Å²) in [6, 6.07) is 5.70. The number of piperidine rings is 1. The molecule has 1 aromatic carbocycles. The van der Waals surface area contributed by atoms with Gasteiger partial charge in [-0.1, -0.05) is 5.16 Å². The average Bonchev–Trinajstić information content (AvgIpc) is 3.14. The lowest BCUT2D eigenvalue weighted by atomic mass is 10.1. The van der Waals surface area contributed by atoms with Crippen LogP contribution in [-0.2, 0) is 16.1 Å². The zero-order valence-corrected chi connectivity index (χ0v) is 18.3. The molecule has 31 heavy (non-hydrogen) atoms. The van der Waals surface area contributed by atoms with E-state index < -0.39 is 11.1 Å². The molecule has 0 aliphatic carbocycles. The van der Waals surface area contributed by atoms with Gasteiger partial charge in [0.15, 0.2) is 5.82 Å². The Bertz CT molecular complexity index is 873. The van der Waals surface area contributed by atoms with Gasteiger partial charge in [-0.25, -0.2) is 4.79 Å². The van der Waals surface area contributed by atoms with Crippen molar-refractivity contribution < 1.29 is 32.0 Å². The second-order valence-corrected chi connectivity index (χ2v) is 9.20. The fraction of sp³-hybridized carbons (Fsp3) is 0.550. The summed E-state index contributed by atoms with van der Waals surface area (Å²) in [4.78, 5) is 18.1. The number of nitrogens with zero attached hydrogens (tertiary/aromatic N) is 3. The van der Waals surface area contributed by atoms with Gasteiger partial charge in [0.05, 0.1) is 6.10 Å². The number of hydrogen-bond donors (Lipinski definition) is 0. The molecule has 1 fully saturated rings. The lowest BCUT2D eigenvalue weighted by Crippen LogP contribution is -2.43. The third-order valence-corrected chi connectivity index (χ3v) is 5.08. The number of thioether (sulfide) groups is 1. The number of benzene rings is 1. The summed E-state index contributed by atoms with van der Waals surface area (Å²) in [5.41, 5.74) is -4.34. The zero-order valence-electron chi connectivity index (χ0n) is 17.4. The molecule has 2 aromatic rings. The third kappa shape index (κ3) is 7.42. The van der Waals surface area contributed by atoms with Crippen LogP contribution >= 0.6 is 11.8 Å². The van der Waals surface area contributed by atoms with Crippen LogP contribution in [0.3, 0.4) is 0 Å².